The lowest BCUT2D eigenvalue weighted by Gasteiger charge is -2.27. The Hall–Kier alpha value is -1.52. The molecule has 0 radical (unpaired) electrons. The van der Waals surface area contributed by atoms with E-state index in [1.807, 2.05) is 6.08 Å². The highest BCUT2D eigenvalue weighted by molar-refractivity contribution is 6.30. The lowest BCUT2D eigenvalue weighted by molar-refractivity contribution is -0.124. The second kappa shape index (κ2) is 6.77. The lowest BCUT2D eigenvalue weighted by atomic mass is 9.91. The quantitative estimate of drug-likeness (QED) is 0.820. The molecule has 1 aromatic carbocycles. The van der Waals surface area contributed by atoms with Gasteiger partial charge in [0.2, 0.25) is 0 Å². The summed E-state index contributed by atoms with van der Waals surface area (Å²) in [5.41, 5.74) is -0.922. The molecule has 0 unspecified atom stereocenters. The number of nitrogens with one attached hydrogen (secondary N) is 1. The fraction of sp³-hybridized carbons (Fsp3) is 0.400. The van der Waals surface area contributed by atoms with Crippen LogP contribution in [0.25, 0.3) is 0 Å². The summed E-state index contributed by atoms with van der Waals surface area (Å²) >= 11 is 5.76. The minimum atomic E-state index is -0.922. The van der Waals surface area contributed by atoms with Crippen LogP contribution in [0, 0.1) is 0 Å². The molecule has 0 saturated carbocycles. The van der Waals surface area contributed by atoms with Gasteiger partial charge in [-0.25, -0.2) is 0 Å². The summed E-state index contributed by atoms with van der Waals surface area (Å²) in [5, 5.41) is 13.5. The molecule has 1 atom stereocenters. The van der Waals surface area contributed by atoms with E-state index in [0.717, 1.165) is 12.8 Å². The normalized spacial score (nSPS) is 21.5. The molecule has 20 heavy (non-hydrogen) atoms. The fourth-order valence-electron chi connectivity index (χ4n) is 2.04. The molecule has 0 heterocycles. The maximum absolute atomic E-state index is 11.7. The van der Waals surface area contributed by atoms with Crippen LogP contribution in [-0.4, -0.2) is 29.8 Å². The Morgan fingerprint density at radius 2 is 2.15 bits per heavy atom. The molecule has 4 nitrogen and oxygen atoms in total. The smallest absolute Gasteiger partial charge is 0.258 e. The number of allylic oxidation sites excluding steroid dienone is 1. The van der Waals surface area contributed by atoms with Crippen LogP contribution in [0.1, 0.15) is 19.3 Å². The van der Waals surface area contributed by atoms with E-state index in [2.05, 4.69) is 5.32 Å². The van der Waals surface area contributed by atoms with Crippen LogP contribution in [-0.2, 0) is 4.79 Å². The van der Waals surface area contributed by atoms with Gasteiger partial charge in [-0.15, -0.1) is 0 Å². The third-order valence-corrected chi connectivity index (χ3v) is 3.44. The van der Waals surface area contributed by atoms with E-state index in [9.17, 15) is 9.90 Å². The van der Waals surface area contributed by atoms with Crippen molar-refractivity contribution in [3.63, 3.8) is 0 Å². The highest BCUT2D eigenvalue weighted by atomic mass is 35.5. The number of carbonyl (C=O) groups excluding carboxylic acids is 1. The van der Waals surface area contributed by atoms with Gasteiger partial charge in [-0.05, 0) is 43.5 Å². The van der Waals surface area contributed by atoms with E-state index >= 15 is 0 Å². The Labute approximate surface area is 123 Å². The first kappa shape index (κ1) is 14.9. The molecule has 1 amide bonds. The van der Waals surface area contributed by atoms with Gasteiger partial charge in [0.1, 0.15) is 5.75 Å². The Morgan fingerprint density at radius 1 is 1.40 bits per heavy atom. The second-order valence-corrected chi connectivity index (χ2v) is 5.35. The lowest BCUT2D eigenvalue weighted by Crippen LogP contribution is -2.43. The third kappa shape index (κ3) is 4.54. The predicted molar refractivity (Wildman–Crippen MR) is 77.9 cm³/mol. The number of hydrogen-bond donors (Lipinski definition) is 2. The molecular formula is C15H18ClNO3. The van der Waals surface area contributed by atoms with E-state index < -0.39 is 5.60 Å². The van der Waals surface area contributed by atoms with Gasteiger partial charge in [-0.1, -0.05) is 23.8 Å². The summed E-state index contributed by atoms with van der Waals surface area (Å²) < 4.78 is 5.33. The van der Waals surface area contributed by atoms with Gasteiger partial charge in [-0.3, -0.25) is 4.79 Å². The molecule has 1 aliphatic rings. The van der Waals surface area contributed by atoms with Crippen molar-refractivity contribution >= 4 is 17.5 Å². The topological polar surface area (TPSA) is 58.6 Å². The van der Waals surface area contributed by atoms with Gasteiger partial charge < -0.3 is 15.2 Å². The standard InChI is InChI=1S/C15H18ClNO3/c16-12-4-6-13(7-5-12)20-10-14(18)17-11-15(19)8-2-1-3-9-15/h2,4-8,19H,1,3,9-11H2,(H,17,18)/t15-/m1/s1. The molecule has 0 aliphatic heterocycles. The molecule has 0 aromatic heterocycles. The highest BCUT2D eigenvalue weighted by Crippen LogP contribution is 2.21. The Morgan fingerprint density at radius 3 is 2.80 bits per heavy atom. The predicted octanol–water partition coefficient (Wildman–Crippen LogP) is 2.31. The Balaban J connectivity index is 1.74. The monoisotopic (exact) mass is 295 g/mol. The summed E-state index contributed by atoms with van der Waals surface area (Å²) in [6.45, 7) is 0.133. The van der Waals surface area contributed by atoms with Crippen molar-refractivity contribution < 1.29 is 14.6 Å². The van der Waals surface area contributed by atoms with E-state index in [1.165, 1.54) is 0 Å². The van der Waals surface area contributed by atoms with Crippen LogP contribution in [0.3, 0.4) is 0 Å². The average Bonchev–Trinajstić information content (AvgIpc) is 2.45. The van der Waals surface area contributed by atoms with Crippen LogP contribution < -0.4 is 10.1 Å². The number of benzene rings is 1. The zero-order valence-corrected chi connectivity index (χ0v) is 11.9. The highest BCUT2D eigenvalue weighted by Gasteiger charge is 2.25. The van der Waals surface area contributed by atoms with Crippen molar-refractivity contribution in [1.29, 1.82) is 0 Å². The number of amides is 1. The van der Waals surface area contributed by atoms with Crippen LogP contribution in [0.4, 0.5) is 0 Å². The Bertz CT molecular complexity index is 486. The van der Waals surface area contributed by atoms with Crippen LogP contribution in [0.15, 0.2) is 36.4 Å². The molecule has 0 saturated heterocycles. The van der Waals surface area contributed by atoms with Crippen molar-refractivity contribution in [3.8, 4) is 5.75 Å². The Kier molecular flexibility index (Phi) is 5.04. The van der Waals surface area contributed by atoms with Crippen LogP contribution in [0.5, 0.6) is 5.75 Å². The SMILES string of the molecule is O=C(COc1ccc(Cl)cc1)NC[C@@]1(O)C=CCCC1. The summed E-state index contributed by atoms with van der Waals surface area (Å²) in [5.74, 6) is 0.327. The molecule has 1 aliphatic carbocycles. The second-order valence-electron chi connectivity index (χ2n) is 4.92. The van der Waals surface area contributed by atoms with E-state index in [-0.39, 0.29) is 19.1 Å². The van der Waals surface area contributed by atoms with Gasteiger partial charge in [0.15, 0.2) is 6.61 Å². The average molecular weight is 296 g/mol. The van der Waals surface area contributed by atoms with Gasteiger partial charge in [0.25, 0.3) is 5.91 Å². The molecule has 108 valence electrons. The van der Waals surface area contributed by atoms with E-state index in [4.69, 9.17) is 16.3 Å². The number of aliphatic hydroxyl groups is 1. The number of rotatable bonds is 5. The molecular weight excluding hydrogens is 278 g/mol. The van der Waals surface area contributed by atoms with E-state index in [0.29, 0.717) is 17.2 Å². The van der Waals surface area contributed by atoms with Crippen LogP contribution in [0.2, 0.25) is 5.02 Å². The number of hydrogen-bond acceptors (Lipinski definition) is 3. The zero-order valence-electron chi connectivity index (χ0n) is 11.1. The first-order valence-corrected chi connectivity index (χ1v) is 7.00. The number of carbonyl (C=O) groups is 1. The van der Waals surface area contributed by atoms with Crippen molar-refractivity contribution in [2.45, 2.75) is 24.9 Å². The minimum absolute atomic E-state index is 0.0819. The maximum Gasteiger partial charge on any atom is 0.258 e. The van der Waals surface area contributed by atoms with Gasteiger partial charge >= 0.3 is 0 Å². The third-order valence-electron chi connectivity index (χ3n) is 3.18. The molecule has 1 aromatic rings. The minimum Gasteiger partial charge on any atom is -0.484 e. The fourth-order valence-corrected chi connectivity index (χ4v) is 2.17. The van der Waals surface area contributed by atoms with Crippen LogP contribution >= 0.6 is 11.6 Å². The largest absolute Gasteiger partial charge is 0.484 e. The summed E-state index contributed by atoms with van der Waals surface area (Å²) in [7, 11) is 0. The number of halogens is 1. The van der Waals surface area contributed by atoms with Crippen molar-refractivity contribution in [3.05, 3.63) is 41.4 Å². The maximum atomic E-state index is 11.7. The molecule has 0 bridgehead atoms. The van der Waals surface area contributed by atoms with Crippen molar-refractivity contribution in [1.82, 2.24) is 5.32 Å². The summed E-state index contributed by atoms with van der Waals surface area (Å²) in [4.78, 5) is 11.7. The van der Waals surface area contributed by atoms with Crippen molar-refractivity contribution in [2.24, 2.45) is 0 Å². The van der Waals surface area contributed by atoms with Gasteiger partial charge in [0, 0.05) is 5.02 Å². The first-order chi connectivity index (χ1) is 9.57. The van der Waals surface area contributed by atoms with Gasteiger partial charge in [0.05, 0.1) is 12.1 Å². The molecule has 2 N–H and O–H groups in total. The number of ether oxygens (including phenoxy) is 1. The molecule has 0 fully saturated rings. The molecule has 0 spiro atoms. The van der Waals surface area contributed by atoms with E-state index in [1.54, 1.807) is 30.3 Å². The van der Waals surface area contributed by atoms with Crippen molar-refractivity contribution in [2.75, 3.05) is 13.2 Å². The van der Waals surface area contributed by atoms with Gasteiger partial charge in [-0.2, -0.15) is 0 Å². The summed E-state index contributed by atoms with van der Waals surface area (Å²) in [6, 6.07) is 6.80. The molecule has 2 rings (SSSR count). The zero-order chi connectivity index (χ0) is 14.4. The first-order valence-electron chi connectivity index (χ1n) is 6.63. The summed E-state index contributed by atoms with van der Waals surface area (Å²) in [6.07, 6.45) is 6.29. The molecule has 5 heteroatoms.